The van der Waals surface area contributed by atoms with E-state index in [9.17, 15) is 14.0 Å². The summed E-state index contributed by atoms with van der Waals surface area (Å²) >= 11 is 0. The fraction of sp³-hybridized carbons (Fsp3) is 0.200. The lowest BCUT2D eigenvalue weighted by atomic mass is 9.97. The number of rotatable bonds is 2. The molecule has 0 bridgehead atoms. The maximum atomic E-state index is 13.3. The molecular weight excluding hydrogens is 323 g/mol. The summed E-state index contributed by atoms with van der Waals surface area (Å²) < 4.78 is 24.1. The first-order valence-electron chi connectivity index (χ1n) is 7.80. The molecule has 0 fully saturated rings. The van der Waals surface area contributed by atoms with Crippen molar-refractivity contribution in [2.75, 3.05) is 0 Å². The molecule has 4 nitrogen and oxygen atoms in total. The summed E-state index contributed by atoms with van der Waals surface area (Å²) in [5, 5.41) is 0. The van der Waals surface area contributed by atoms with Crippen molar-refractivity contribution in [1.29, 1.82) is 0 Å². The van der Waals surface area contributed by atoms with Crippen LogP contribution in [0, 0.1) is 11.2 Å². The normalized spacial score (nSPS) is 15.0. The number of halogens is 1. The second-order valence-electron chi connectivity index (χ2n) is 6.79. The highest BCUT2D eigenvalue weighted by molar-refractivity contribution is 6.14. The number of Topliss-reactive ketones (excluding diaryl/α,β-unsaturated/α-hetero) is 1. The Morgan fingerprint density at radius 3 is 2.60 bits per heavy atom. The predicted octanol–water partition coefficient (Wildman–Crippen LogP) is 4.39. The Hall–Kier alpha value is -2.95. The SMILES string of the molecule is CC(C)(C)C(=O)Oc1ccc2c(c1)OC(=Cc1cccc(F)c1)C2=O. The molecule has 5 heteroatoms. The van der Waals surface area contributed by atoms with Gasteiger partial charge in [0, 0.05) is 6.07 Å². The van der Waals surface area contributed by atoms with E-state index in [2.05, 4.69) is 0 Å². The molecular formula is C20H17FO4. The van der Waals surface area contributed by atoms with Crippen LogP contribution in [0.5, 0.6) is 11.5 Å². The molecule has 0 radical (unpaired) electrons. The number of benzene rings is 2. The Bertz CT molecular complexity index is 891. The van der Waals surface area contributed by atoms with Crippen LogP contribution < -0.4 is 9.47 Å². The standard InChI is InChI=1S/C20H17FO4/c1-20(2,3)19(23)24-14-7-8-15-16(11-14)25-17(18(15)22)10-12-5-4-6-13(21)9-12/h4-11H,1-3H3. The van der Waals surface area contributed by atoms with E-state index in [0.717, 1.165) is 0 Å². The summed E-state index contributed by atoms with van der Waals surface area (Å²) in [6.07, 6.45) is 1.48. The van der Waals surface area contributed by atoms with Gasteiger partial charge in [-0.25, -0.2) is 4.39 Å². The number of carbonyl (C=O) groups excluding carboxylic acids is 2. The molecule has 1 aliphatic heterocycles. The molecule has 0 N–H and O–H groups in total. The zero-order valence-electron chi connectivity index (χ0n) is 14.1. The van der Waals surface area contributed by atoms with Crippen molar-refractivity contribution in [3.05, 3.63) is 65.2 Å². The van der Waals surface area contributed by atoms with Crippen LogP contribution in [0.3, 0.4) is 0 Å². The second-order valence-corrected chi connectivity index (χ2v) is 6.79. The first-order valence-corrected chi connectivity index (χ1v) is 7.80. The van der Waals surface area contributed by atoms with E-state index in [1.807, 2.05) is 0 Å². The number of carbonyl (C=O) groups is 2. The van der Waals surface area contributed by atoms with Crippen LogP contribution in [0.25, 0.3) is 6.08 Å². The minimum Gasteiger partial charge on any atom is -0.452 e. The Labute approximate surface area is 144 Å². The van der Waals surface area contributed by atoms with Gasteiger partial charge in [0.2, 0.25) is 5.78 Å². The largest absolute Gasteiger partial charge is 0.452 e. The molecule has 1 aliphatic rings. The molecule has 0 saturated heterocycles. The van der Waals surface area contributed by atoms with Gasteiger partial charge >= 0.3 is 5.97 Å². The minimum atomic E-state index is -0.641. The molecule has 1 heterocycles. The zero-order chi connectivity index (χ0) is 18.2. The van der Waals surface area contributed by atoms with Gasteiger partial charge in [-0.2, -0.15) is 0 Å². The van der Waals surface area contributed by atoms with Crippen LogP contribution in [0.1, 0.15) is 36.7 Å². The molecule has 25 heavy (non-hydrogen) atoms. The van der Waals surface area contributed by atoms with Gasteiger partial charge in [-0.15, -0.1) is 0 Å². The molecule has 2 aromatic rings. The quantitative estimate of drug-likeness (QED) is 0.462. The molecule has 0 amide bonds. The number of ketones is 1. The molecule has 2 aromatic carbocycles. The highest BCUT2D eigenvalue weighted by Gasteiger charge is 2.29. The van der Waals surface area contributed by atoms with E-state index in [-0.39, 0.29) is 17.5 Å². The van der Waals surface area contributed by atoms with E-state index in [1.165, 1.54) is 24.3 Å². The Kier molecular flexibility index (Phi) is 4.17. The van der Waals surface area contributed by atoms with Gasteiger partial charge in [-0.05, 0) is 56.7 Å². The smallest absolute Gasteiger partial charge is 0.316 e. The molecule has 128 valence electrons. The van der Waals surface area contributed by atoms with Gasteiger partial charge in [0.15, 0.2) is 5.76 Å². The number of ether oxygens (including phenoxy) is 2. The molecule has 0 saturated carbocycles. The van der Waals surface area contributed by atoms with E-state index < -0.39 is 11.2 Å². The predicted molar refractivity (Wildman–Crippen MR) is 90.9 cm³/mol. The highest BCUT2D eigenvalue weighted by atomic mass is 19.1. The monoisotopic (exact) mass is 340 g/mol. The lowest BCUT2D eigenvalue weighted by Crippen LogP contribution is -2.25. The van der Waals surface area contributed by atoms with Crippen LogP contribution in [0.4, 0.5) is 4.39 Å². The highest BCUT2D eigenvalue weighted by Crippen LogP contribution is 2.35. The topological polar surface area (TPSA) is 52.6 Å². The average Bonchev–Trinajstić information content (AvgIpc) is 2.82. The van der Waals surface area contributed by atoms with Gasteiger partial charge in [-0.1, -0.05) is 12.1 Å². The summed E-state index contributed by atoms with van der Waals surface area (Å²) in [6, 6.07) is 10.5. The van der Waals surface area contributed by atoms with E-state index in [1.54, 1.807) is 45.0 Å². The van der Waals surface area contributed by atoms with Crippen LogP contribution >= 0.6 is 0 Å². The maximum Gasteiger partial charge on any atom is 0.316 e. The fourth-order valence-electron chi connectivity index (χ4n) is 2.24. The van der Waals surface area contributed by atoms with Crippen LogP contribution in [-0.4, -0.2) is 11.8 Å². The first kappa shape index (κ1) is 16.9. The summed E-state index contributed by atoms with van der Waals surface area (Å²) in [4.78, 5) is 24.3. The van der Waals surface area contributed by atoms with Crippen molar-refractivity contribution >= 4 is 17.8 Å². The summed E-state index contributed by atoms with van der Waals surface area (Å²) in [5.74, 6) is -0.362. The Morgan fingerprint density at radius 2 is 1.92 bits per heavy atom. The van der Waals surface area contributed by atoms with Crippen molar-refractivity contribution in [2.45, 2.75) is 20.8 Å². The number of hydrogen-bond donors (Lipinski definition) is 0. The number of hydrogen-bond acceptors (Lipinski definition) is 4. The van der Waals surface area contributed by atoms with Crippen molar-refractivity contribution in [3.63, 3.8) is 0 Å². The van der Waals surface area contributed by atoms with Gasteiger partial charge < -0.3 is 9.47 Å². The van der Waals surface area contributed by atoms with Crippen molar-refractivity contribution in [1.82, 2.24) is 0 Å². The number of allylic oxidation sites excluding steroid dienone is 1. The van der Waals surface area contributed by atoms with E-state index >= 15 is 0 Å². The van der Waals surface area contributed by atoms with Crippen LogP contribution in [0.2, 0.25) is 0 Å². The third-order valence-electron chi connectivity index (χ3n) is 3.61. The number of esters is 1. The first-order chi connectivity index (χ1) is 11.7. The van der Waals surface area contributed by atoms with Gasteiger partial charge in [0.1, 0.15) is 17.3 Å². The third-order valence-corrected chi connectivity index (χ3v) is 3.61. The van der Waals surface area contributed by atoms with Crippen LogP contribution in [0.15, 0.2) is 48.2 Å². The van der Waals surface area contributed by atoms with Crippen molar-refractivity contribution in [2.24, 2.45) is 5.41 Å². The lowest BCUT2D eigenvalue weighted by molar-refractivity contribution is -0.143. The molecule has 0 aromatic heterocycles. The zero-order valence-corrected chi connectivity index (χ0v) is 14.1. The van der Waals surface area contributed by atoms with E-state index in [0.29, 0.717) is 22.6 Å². The van der Waals surface area contributed by atoms with Gasteiger partial charge in [0.05, 0.1) is 11.0 Å². The second kappa shape index (κ2) is 6.16. The molecule has 0 aliphatic carbocycles. The lowest BCUT2D eigenvalue weighted by Gasteiger charge is -2.16. The minimum absolute atomic E-state index is 0.0971. The molecule has 0 unspecified atom stereocenters. The fourth-order valence-corrected chi connectivity index (χ4v) is 2.24. The maximum absolute atomic E-state index is 13.3. The summed E-state index contributed by atoms with van der Waals surface area (Å²) in [7, 11) is 0. The van der Waals surface area contributed by atoms with Crippen molar-refractivity contribution in [3.8, 4) is 11.5 Å². The average molecular weight is 340 g/mol. The van der Waals surface area contributed by atoms with Crippen LogP contribution in [-0.2, 0) is 4.79 Å². The molecule has 0 atom stereocenters. The molecule has 3 rings (SSSR count). The Morgan fingerprint density at radius 1 is 1.16 bits per heavy atom. The number of fused-ring (bicyclic) bond motifs is 1. The van der Waals surface area contributed by atoms with E-state index in [4.69, 9.17) is 9.47 Å². The summed E-state index contributed by atoms with van der Waals surface area (Å²) in [6.45, 7) is 5.26. The Balaban J connectivity index is 1.85. The third kappa shape index (κ3) is 3.60. The van der Waals surface area contributed by atoms with Gasteiger partial charge in [0.25, 0.3) is 0 Å². The molecule has 0 spiro atoms. The van der Waals surface area contributed by atoms with Gasteiger partial charge in [-0.3, -0.25) is 9.59 Å². The summed E-state index contributed by atoms with van der Waals surface area (Å²) in [5.41, 5.74) is 0.256. The van der Waals surface area contributed by atoms with Crippen molar-refractivity contribution < 1.29 is 23.5 Å².